The molecule has 0 nitrogen and oxygen atoms in total. The third kappa shape index (κ3) is 3.65. The maximum absolute atomic E-state index is 2.45. The van der Waals surface area contributed by atoms with Crippen molar-refractivity contribution < 1.29 is 0 Å². The van der Waals surface area contributed by atoms with E-state index in [-0.39, 0.29) is 0 Å². The minimum atomic E-state index is 0.322. The monoisotopic (exact) mass is 274 g/mol. The number of aryl methyl sites for hydroxylation is 1. The van der Waals surface area contributed by atoms with E-state index < -0.39 is 0 Å². The SMILES string of the molecule is CCC(c1ccccc1C)C(C(C)(C)C)C(C)(C)CC. The van der Waals surface area contributed by atoms with Gasteiger partial charge in [-0.2, -0.15) is 0 Å². The van der Waals surface area contributed by atoms with Gasteiger partial charge in [-0.25, -0.2) is 0 Å². The van der Waals surface area contributed by atoms with Gasteiger partial charge in [0, 0.05) is 0 Å². The van der Waals surface area contributed by atoms with E-state index in [2.05, 4.69) is 79.7 Å². The van der Waals surface area contributed by atoms with Crippen LogP contribution >= 0.6 is 0 Å². The molecule has 0 aliphatic rings. The molecule has 0 heteroatoms. The zero-order valence-electron chi connectivity index (χ0n) is 14.9. The third-order valence-electron chi connectivity index (χ3n) is 5.12. The predicted octanol–water partition coefficient (Wildman–Crippen LogP) is 6.59. The van der Waals surface area contributed by atoms with E-state index in [4.69, 9.17) is 0 Å². The molecule has 1 aromatic rings. The van der Waals surface area contributed by atoms with Gasteiger partial charge >= 0.3 is 0 Å². The standard InChI is InChI=1S/C20H34/c1-9-16(17-14-12-11-13-15(17)3)18(19(4,5)6)20(7,8)10-2/h11-14,16,18H,9-10H2,1-8H3. The Labute approximate surface area is 127 Å². The second-order valence-electron chi connectivity index (χ2n) is 8.06. The second kappa shape index (κ2) is 6.33. The highest BCUT2D eigenvalue weighted by molar-refractivity contribution is 5.30. The summed E-state index contributed by atoms with van der Waals surface area (Å²) in [6.07, 6.45) is 2.45. The maximum Gasteiger partial charge on any atom is -0.0124 e. The number of rotatable bonds is 5. The summed E-state index contributed by atoms with van der Waals surface area (Å²) in [6.45, 7) is 19.1. The van der Waals surface area contributed by atoms with Gasteiger partial charge in [0.05, 0.1) is 0 Å². The Hall–Kier alpha value is -0.780. The summed E-state index contributed by atoms with van der Waals surface area (Å²) in [6, 6.07) is 8.96. The normalized spacial score (nSPS) is 16.0. The van der Waals surface area contributed by atoms with Gasteiger partial charge < -0.3 is 0 Å². The van der Waals surface area contributed by atoms with Crippen molar-refractivity contribution >= 4 is 0 Å². The van der Waals surface area contributed by atoms with Gasteiger partial charge in [0.2, 0.25) is 0 Å². The van der Waals surface area contributed by atoms with Crippen LogP contribution in [0.5, 0.6) is 0 Å². The molecule has 0 spiro atoms. The fourth-order valence-corrected chi connectivity index (χ4v) is 4.18. The summed E-state index contributed by atoms with van der Waals surface area (Å²) in [5, 5.41) is 0. The largest absolute Gasteiger partial charge is 0.0649 e. The minimum Gasteiger partial charge on any atom is -0.0649 e. The molecule has 0 radical (unpaired) electrons. The third-order valence-corrected chi connectivity index (χ3v) is 5.12. The topological polar surface area (TPSA) is 0 Å². The maximum atomic E-state index is 2.45. The number of hydrogen-bond acceptors (Lipinski definition) is 0. The molecule has 2 unspecified atom stereocenters. The lowest BCUT2D eigenvalue weighted by atomic mass is 9.57. The van der Waals surface area contributed by atoms with Crippen molar-refractivity contribution in [1.82, 2.24) is 0 Å². The summed E-state index contributed by atoms with van der Waals surface area (Å²) in [7, 11) is 0. The highest BCUT2D eigenvalue weighted by Gasteiger charge is 2.42. The molecule has 0 aromatic heterocycles. The Morgan fingerprint density at radius 1 is 0.950 bits per heavy atom. The van der Waals surface area contributed by atoms with Gasteiger partial charge in [0.25, 0.3) is 0 Å². The quantitative estimate of drug-likeness (QED) is 0.568. The van der Waals surface area contributed by atoms with Crippen LogP contribution in [0.3, 0.4) is 0 Å². The predicted molar refractivity (Wildman–Crippen MR) is 91.2 cm³/mol. The summed E-state index contributed by atoms with van der Waals surface area (Å²) in [4.78, 5) is 0. The molecule has 0 N–H and O–H groups in total. The van der Waals surface area contributed by atoms with Crippen molar-refractivity contribution in [3.8, 4) is 0 Å². The molecule has 0 amide bonds. The van der Waals surface area contributed by atoms with Crippen LogP contribution in [0.15, 0.2) is 24.3 Å². The van der Waals surface area contributed by atoms with Crippen molar-refractivity contribution in [1.29, 1.82) is 0 Å². The molecule has 2 atom stereocenters. The Morgan fingerprint density at radius 3 is 1.90 bits per heavy atom. The molecule has 0 aliphatic heterocycles. The van der Waals surface area contributed by atoms with Crippen LogP contribution in [0, 0.1) is 23.7 Å². The molecular weight excluding hydrogens is 240 g/mol. The average molecular weight is 274 g/mol. The van der Waals surface area contributed by atoms with Crippen molar-refractivity contribution in [3.63, 3.8) is 0 Å². The summed E-state index contributed by atoms with van der Waals surface area (Å²) < 4.78 is 0. The van der Waals surface area contributed by atoms with Crippen LogP contribution < -0.4 is 0 Å². The van der Waals surface area contributed by atoms with E-state index in [1.807, 2.05) is 0 Å². The second-order valence-corrected chi connectivity index (χ2v) is 8.06. The average Bonchev–Trinajstić information content (AvgIpc) is 2.35. The van der Waals surface area contributed by atoms with Crippen LogP contribution in [-0.2, 0) is 0 Å². The van der Waals surface area contributed by atoms with Crippen molar-refractivity contribution in [2.24, 2.45) is 16.7 Å². The smallest absolute Gasteiger partial charge is 0.0124 e. The Kier molecular flexibility index (Phi) is 5.46. The van der Waals surface area contributed by atoms with Crippen LogP contribution in [0.1, 0.15) is 78.4 Å². The van der Waals surface area contributed by atoms with Gasteiger partial charge in [0.15, 0.2) is 0 Å². The van der Waals surface area contributed by atoms with Gasteiger partial charge in [-0.3, -0.25) is 0 Å². The highest BCUT2D eigenvalue weighted by Crippen LogP contribution is 2.51. The van der Waals surface area contributed by atoms with Crippen LogP contribution in [-0.4, -0.2) is 0 Å². The summed E-state index contributed by atoms with van der Waals surface area (Å²) in [5.74, 6) is 1.33. The fourth-order valence-electron chi connectivity index (χ4n) is 4.18. The molecule has 114 valence electrons. The van der Waals surface area contributed by atoms with Crippen molar-refractivity contribution in [2.75, 3.05) is 0 Å². The van der Waals surface area contributed by atoms with E-state index in [1.165, 1.54) is 18.4 Å². The minimum absolute atomic E-state index is 0.322. The highest BCUT2D eigenvalue weighted by atomic mass is 14.5. The summed E-state index contributed by atoms with van der Waals surface area (Å²) >= 11 is 0. The number of benzene rings is 1. The van der Waals surface area contributed by atoms with E-state index in [1.54, 1.807) is 5.56 Å². The zero-order valence-corrected chi connectivity index (χ0v) is 14.9. The molecule has 1 aromatic carbocycles. The van der Waals surface area contributed by atoms with Crippen LogP contribution in [0.2, 0.25) is 0 Å². The first-order valence-electron chi connectivity index (χ1n) is 8.20. The molecule has 0 saturated carbocycles. The first-order chi connectivity index (χ1) is 9.15. The lowest BCUT2D eigenvalue weighted by Gasteiger charge is -2.47. The first kappa shape index (κ1) is 17.3. The Morgan fingerprint density at radius 2 is 1.50 bits per heavy atom. The van der Waals surface area contributed by atoms with Crippen LogP contribution in [0.4, 0.5) is 0 Å². The Balaban J connectivity index is 3.34. The Bertz CT molecular complexity index is 420. The van der Waals surface area contributed by atoms with E-state index in [9.17, 15) is 0 Å². The van der Waals surface area contributed by atoms with E-state index >= 15 is 0 Å². The van der Waals surface area contributed by atoms with Gasteiger partial charge in [0.1, 0.15) is 0 Å². The van der Waals surface area contributed by atoms with E-state index in [0.29, 0.717) is 22.7 Å². The van der Waals surface area contributed by atoms with E-state index in [0.717, 1.165) is 0 Å². The zero-order chi connectivity index (χ0) is 15.6. The molecule has 20 heavy (non-hydrogen) atoms. The summed E-state index contributed by atoms with van der Waals surface area (Å²) in [5.41, 5.74) is 3.68. The molecule has 0 heterocycles. The van der Waals surface area contributed by atoms with Gasteiger partial charge in [-0.15, -0.1) is 0 Å². The first-order valence-corrected chi connectivity index (χ1v) is 8.20. The van der Waals surface area contributed by atoms with Gasteiger partial charge in [-0.1, -0.05) is 79.2 Å². The van der Waals surface area contributed by atoms with Crippen LogP contribution in [0.25, 0.3) is 0 Å². The molecule has 0 bridgehead atoms. The lowest BCUT2D eigenvalue weighted by Crippen LogP contribution is -2.39. The molecule has 1 rings (SSSR count). The molecule has 0 fully saturated rings. The lowest BCUT2D eigenvalue weighted by molar-refractivity contribution is 0.0540. The van der Waals surface area contributed by atoms with Crippen molar-refractivity contribution in [3.05, 3.63) is 35.4 Å². The molecular formula is C20H34. The molecule has 0 aliphatic carbocycles. The van der Waals surface area contributed by atoms with Crippen molar-refractivity contribution in [2.45, 2.75) is 74.1 Å². The molecule has 0 saturated heterocycles. The van der Waals surface area contributed by atoms with Gasteiger partial charge in [-0.05, 0) is 47.1 Å². The fraction of sp³-hybridized carbons (Fsp3) is 0.700. The number of hydrogen-bond donors (Lipinski definition) is 0.